The van der Waals surface area contributed by atoms with E-state index in [2.05, 4.69) is 14.9 Å². The first-order valence-corrected chi connectivity index (χ1v) is 8.41. The topological polar surface area (TPSA) is 98.0 Å². The van der Waals surface area contributed by atoms with Crippen molar-refractivity contribution in [2.45, 2.75) is 31.7 Å². The Morgan fingerprint density at radius 3 is 2.70 bits per heavy atom. The second kappa shape index (κ2) is 5.86. The van der Waals surface area contributed by atoms with Crippen LogP contribution in [0.25, 0.3) is 0 Å². The zero-order valence-corrected chi connectivity index (χ0v) is 12.9. The molecule has 0 fully saturated rings. The van der Waals surface area contributed by atoms with Crippen molar-refractivity contribution in [1.29, 1.82) is 0 Å². The van der Waals surface area contributed by atoms with Gasteiger partial charge in [0.25, 0.3) is 10.0 Å². The van der Waals surface area contributed by atoms with Crippen LogP contribution in [-0.4, -0.2) is 18.6 Å². The molecule has 20 heavy (non-hydrogen) atoms. The minimum absolute atomic E-state index is 0.178. The number of sulfonamides is 1. The molecular formula is C12H16N4O2S2. The number of hydrogen-bond donors (Lipinski definition) is 2. The molecular weight excluding hydrogens is 296 g/mol. The summed E-state index contributed by atoms with van der Waals surface area (Å²) < 4.78 is 27.0. The first kappa shape index (κ1) is 14.9. The number of rotatable bonds is 5. The average molecular weight is 312 g/mol. The van der Waals surface area contributed by atoms with E-state index < -0.39 is 10.0 Å². The van der Waals surface area contributed by atoms with Crippen LogP contribution in [0.5, 0.6) is 0 Å². The molecule has 2 aromatic rings. The monoisotopic (exact) mass is 312 g/mol. The summed E-state index contributed by atoms with van der Waals surface area (Å²) in [4.78, 5) is 0.178. The largest absolute Gasteiger partial charge is 0.326 e. The van der Waals surface area contributed by atoms with Gasteiger partial charge in [-0.3, -0.25) is 4.72 Å². The Morgan fingerprint density at radius 2 is 2.10 bits per heavy atom. The van der Waals surface area contributed by atoms with Crippen LogP contribution in [0.15, 0.2) is 23.1 Å². The van der Waals surface area contributed by atoms with E-state index in [1.807, 2.05) is 13.8 Å². The van der Waals surface area contributed by atoms with Gasteiger partial charge in [-0.1, -0.05) is 24.3 Å². The molecule has 0 radical (unpaired) electrons. The second-order valence-corrected chi connectivity index (χ2v) is 7.00. The fraction of sp³-hybridized carbons (Fsp3) is 0.333. The van der Waals surface area contributed by atoms with Crippen LogP contribution in [0.3, 0.4) is 0 Å². The zero-order valence-electron chi connectivity index (χ0n) is 11.3. The van der Waals surface area contributed by atoms with Gasteiger partial charge >= 0.3 is 0 Å². The quantitative estimate of drug-likeness (QED) is 0.875. The number of hydrogen-bond acceptors (Lipinski definition) is 6. The van der Waals surface area contributed by atoms with E-state index in [1.165, 1.54) is 11.3 Å². The van der Waals surface area contributed by atoms with Gasteiger partial charge in [-0.25, -0.2) is 8.42 Å². The average Bonchev–Trinajstić information content (AvgIpc) is 2.86. The lowest BCUT2D eigenvalue weighted by molar-refractivity contribution is 0.601. The van der Waals surface area contributed by atoms with Crippen molar-refractivity contribution in [2.24, 2.45) is 5.73 Å². The van der Waals surface area contributed by atoms with Crippen LogP contribution in [0.4, 0.5) is 5.13 Å². The van der Waals surface area contributed by atoms with Gasteiger partial charge in [-0.15, -0.1) is 10.2 Å². The third-order valence-electron chi connectivity index (χ3n) is 2.84. The van der Waals surface area contributed by atoms with E-state index in [0.717, 1.165) is 22.6 Å². The molecule has 2 rings (SSSR count). The molecule has 0 amide bonds. The van der Waals surface area contributed by atoms with Gasteiger partial charge < -0.3 is 5.73 Å². The summed E-state index contributed by atoms with van der Waals surface area (Å²) in [5.74, 6) is 0. The summed E-state index contributed by atoms with van der Waals surface area (Å²) in [5, 5.41) is 8.75. The molecule has 0 saturated heterocycles. The first-order valence-electron chi connectivity index (χ1n) is 6.11. The van der Waals surface area contributed by atoms with Crippen LogP contribution in [-0.2, 0) is 23.0 Å². The number of benzene rings is 1. The Morgan fingerprint density at radius 1 is 1.35 bits per heavy atom. The number of nitrogens with one attached hydrogen (secondary N) is 1. The SMILES string of the molecule is CCc1nnc(NS(=O)(=O)c2ccc(C)c(CN)c2)s1. The Bertz CT molecular complexity index is 710. The number of nitrogens with zero attached hydrogens (tertiary/aromatic N) is 2. The van der Waals surface area contributed by atoms with E-state index in [0.29, 0.717) is 6.54 Å². The van der Waals surface area contributed by atoms with E-state index in [4.69, 9.17) is 5.73 Å². The Hall–Kier alpha value is -1.51. The normalized spacial score (nSPS) is 11.6. The lowest BCUT2D eigenvalue weighted by Crippen LogP contribution is -2.14. The van der Waals surface area contributed by atoms with Gasteiger partial charge in [0.1, 0.15) is 5.01 Å². The maximum Gasteiger partial charge on any atom is 0.263 e. The van der Waals surface area contributed by atoms with Crippen molar-refractivity contribution < 1.29 is 8.42 Å². The molecule has 3 N–H and O–H groups in total. The lowest BCUT2D eigenvalue weighted by atomic mass is 10.1. The second-order valence-electron chi connectivity index (χ2n) is 4.25. The van der Waals surface area contributed by atoms with Crippen LogP contribution in [0.2, 0.25) is 0 Å². The van der Waals surface area contributed by atoms with Crippen LogP contribution >= 0.6 is 11.3 Å². The molecule has 6 nitrogen and oxygen atoms in total. The summed E-state index contributed by atoms with van der Waals surface area (Å²) in [6.45, 7) is 4.13. The fourth-order valence-corrected chi connectivity index (χ4v) is 3.61. The highest BCUT2D eigenvalue weighted by Crippen LogP contribution is 2.21. The molecule has 0 aliphatic rings. The van der Waals surface area contributed by atoms with E-state index in [1.54, 1.807) is 18.2 Å². The van der Waals surface area contributed by atoms with Crippen molar-refractivity contribution >= 4 is 26.5 Å². The molecule has 0 unspecified atom stereocenters. The Balaban J connectivity index is 2.30. The third-order valence-corrected chi connectivity index (χ3v) is 5.29. The maximum atomic E-state index is 12.3. The molecule has 0 aliphatic carbocycles. The van der Waals surface area contributed by atoms with Gasteiger partial charge in [0.05, 0.1) is 4.90 Å². The van der Waals surface area contributed by atoms with E-state index in [-0.39, 0.29) is 10.0 Å². The third kappa shape index (κ3) is 3.14. The van der Waals surface area contributed by atoms with Crippen LogP contribution in [0, 0.1) is 6.92 Å². The fourth-order valence-electron chi connectivity index (χ4n) is 1.65. The molecule has 0 spiro atoms. The summed E-state index contributed by atoms with van der Waals surface area (Å²) in [5.41, 5.74) is 7.37. The van der Waals surface area contributed by atoms with Crippen LogP contribution < -0.4 is 10.5 Å². The first-order chi connectivity index (χ1) is 9.46. The Kier molecular flexibility index (Phi) is 4.36. The standard InChI is InChI=1S/C12H16N4O2S2/c1-3-11-14-15-12(19-11)16-20(17,18)10-5-4-8(2)9(6-10)7-13/h4-6H,3,7,13H2,1-2H3,(H,15,16). The van der Waals surface area contributed by atoms with E-state index >= 15 is 0 Å². The highest BCUT2D eigenvalue weighted by Gasteiger charge is 2.17. The van der Waals surface area contributed by atoms with Crippen LogP contribution in [0.1, 0.15) is 23.1 Å². The molecule has 108 valence electrons. The molecule has 0 bridgehead atoms. The number of nitrogens with two attached hydrogens (primary N) is 1. The predicted molar refractivity (Wildman–Crippen MR) is 79.2 cm³/mol. The maximum absolute atomic E-state index is 12.3. The highest BCUT2D eigenvalue weighted by atomic mass is 32.2. The molecule has 1 heterocycles. The number of aromatic nitrogens is 2. The van der Waals surface area contributed by atoms with Gasteiger partial charge in [0.15, 0.2) is 0 Å². The molecule has 8 heteroatoms. The lowest BCUT2D eigenvalue weighted by Gasteiger charge is -2.08. The molecule has 1 aromatic carbocycles. The number of anilines is 1. The highest BCUT2D eigenvalue weighted by molar-refractivity contribution is 7.93. The molecule has 0 atom stereocenters. The van der Waals surface area contributed by atoms with Gasteiger partial charge in [0, 0.05) is 6.54 Å². The molecule has 0 saturated carbocycles. The van der Waals surface area contributed by atoms with Gasteiger partial charge in [0.2, 0.25) is 5.13 Å². The van der Waals surface area contributed by atoms with Crippen molar-refractivity contribution in [3.05, 3.63) is 34.3 Å². The molecule has 0 aliphatic heterocycles. The Labute approximate surface area is 122 Å². The smallest absolute Gasteiger partial charge is 0.263 e. The number of aryl methyl sites for hydroxylation is 2. The van der Waals surface area contributed by atoms with Crippen molar-refractivity contribution in [2.75, 3.05) is 4.72 Å². The van der Waals surface area contributed by atoms with Crippen molar-refractivity contribution in [3.8, 4) is 0 Å². The predicted octanol–water partition coefficient (Wildman–Crippen LogP) is 1.67. The van der Waals surface area contributed by atoms with Gasteiger partial charge in [-0.05, 0) is 36.6 Å². The zero-order chi connectivity index (χ0) is 14.8. The summed E-state index contributed by atoms with van der Waals surface area (Å²) in [7, 11) is -3.66. The van der Waals surface area contributed by atoms with Crippen molar-refractivity contribution in [1.82, 2.24) is 10.2 Å². The summed E-state index contributed by atoms with van der Waals surface area (Å²) in [6, 6.07) is 4.88. The minimum atomic E-state index is -3.66. The summed E-state index contributed by atoms with van der Waals surface area (Å²) in [6.07, 6.45) is 0.723. The van der Waals surface area contributed by atoms with E-state index in [9.17, 15) is 8.42 Å². The van der Waals surface area contributed by atoms with Crippen molar-refractivity contribution in [3.63, 3.8) is 0 Å². The van der Waals surface area contributed by atoms with Gasteiger partial charge in [-0.2, -0.15) is 0 Å². The minimum Gasteiger partial charge on any atom is -0.326 e. The summed E-state index contributed by atoms with van der Waals surface area (Å²) >= 11 is 1.23. The molecule has 1 aromatic heterocycles.